The molecule has 1 aliphatic rings. The first-order chi connectivity index (χ1) is 15.2. The fourth-order valence-electron chi connectivity index (χ4n) is 3.03. The Hall–Kier alpha value is -2.46. The van der Waals surface area contributed by atoms with Gasteiger partial charge in [-0.1, -0.05) is 23.4 Å². The molecule has 1 aliphatic heterocycles. The molecular formula is C20H19ClF2N4O4S. The van der Waals surface area contributed by atoms with Gasteiger partial charge in [0.15, 0.2) is 17.3 Å². The van der Waals surface area contributed by atoms with Crippen molar-refractivity contribution in [1.29, 1.82) is 5.26 Å². The van der Waals surface area contributed by atoms with Gasteiger partial charge >= 0.3 is 0 Å². The Balaban J connectivity index is 1.79. The van der Waals surface area contributed by atoms with Crippen molar-refractivity contribution >= 4 is 29.1 Å². The lowest BCUT2D eigenvalue weighted by Crippen LogP contribution is -2.62. The number of halogens is 3. The molecule has 0 aliphatic carbocycles. The lowest BCUT2D eigenvalue weighted by atomic mass is 9.97. The van der Waals surface area contributed by atoms with Crippen molar-refractivity contribution in [2.45, 2.75) is 34.7 Å². The summed E-state index contributed by atoms with van der Waals surface area (Å²) in [5, 5.41) is 42.7. The molecule has 0 spiro atoms. The summed E-state index contributed by atoms with van der Waals surface area (Å²) < 4.78 is 32.2. The molecule has 1 aromatic carbocycles. The van der Waals surface area contributed by atoms with Gasteiger partial charge in [0.1, 0.15) is 29.8 Å². The molecule has 2 heterocycles. The Morgan fingerprint density at radius 3 is 2.69 bits per heavy atom. The molecule has 0 saturated carbocycles. The Morgan fingerprint density at radius 2 is 2.06 bits per heavy atom. The smallest absolute Gasteiger partial charge is 0.159 e. The number of aliphatic hydroxyl groups excluding tert-OH is 3. The van der Waals surface area contributed by atoms with Crippen LogP contribution in [0.1, 0.15) is 11.3 Å². The largest absolute Gasteiger partial charge is 0.397 e. The van der Waals surface area contributed by atoms with Gasteiger partial charge in [0.05, 0.1) is 23.4 Å². The van der Waals surface area contributed by atoms with Crippen LogP contribution in [0.5, 0.6) is 0 Å². The molecule has 170 valence electrons. The van der Waals surface area contributed by atoms with Gasteiger partial charge in [-0.05, 0) is 24.3 Å². The fraction of sp³-hybridized carbons (Fsp3) is 0.300. The van der Waals surface area contributed by atoms with Crippen LogP contribution in [0.2, 0.25) is 5.02 Å². The molecule has 1 saturated heterocycles. The number of hydrogen-bond acceptors (Lipinski definition) is 9. The number of nitrogens with two attached hydrogens (primary N) is 1. The first kappa shape index (κ1) is 24.2. The highest BCUT2D eigenvalue weighted by atomic mass is 35.5. The van der Waals surface area contributed by atoms with Crippen molar-refractivity contribution in [2.75, 3.05) is 6.61 Å². The Labute approximate surface area is 191 Å². The molecule has 1 aromatic heterocycles. The molecule has 2 aromatic rings. The van der Waals surface area contributed by atoms with Crippen molar-refractivity contribution in [1.82, 2.24) is 10.3 Å². The van der Waals surface area contributed by atoms with Crippen molar-refractivity contribution in [2.24, 2.45) is 5.73 Å². The number of pyridine rings is 1. The minimum absolute atomic E-state index is 0.0302. The third kappa shape index (κ3) is 5.29. The Morgan fingerprint density at radius 1 is 1.31 bits per heavy atom. The van der Waals surface area contributed by atoms with Crippen LogP contribution in [0.3, 0.4) is 0 Å². The maximum Gasteiger partial charge on any atom is 0.159 e. The van der Waals surface area contributed by atoms with Gasteiger partial charge in [-0.3, -0.25) is 0 Å². The number of hydrogen-bond donors (Lipinski definition) is 5. The molecule has 5 unspecified atom stereocenters. The van der Waals surface area contributed by atoms with E-state index >= 15 is 0 Å². The van der Waals surface area contributed by atoms with Crippen molar-refractivity contribution < 1.29 is 28.8 Å². The number of nitriles is 1. The summed E-state index contributed by atoms with van der Waals surface area (Å²) in [4.78, 5) is 4.41. The summed E-state index contributed by atoms with van der Waals surface area (Å²) in [5.74, 6) is -2.09. The lowest BCUT2D eigenvalue weighted by Gasteiger charge is -2.42. The molecule has 0 radical (unpaired) electrons. The fourth-order valence-corrected chi connectivity index (χ4v) is 4.38. The molecule has 6 N–H and O–H groups in total. The van der Waals surface area contributed by atoms with E-state index in [-0.39, 0.29) is 22.0 Å². The number of ether oxygens (including phenoxy) is 1. The quantitative estimate of drug-likeness (QED) is 0.410. The number of thioether (sulfide) groups is 1. The van der Waals surface area contributed by atoms with Crippen LogP contribution >= 0.6 is 23.4 Å². The third-order valence-corrected chi connectivity index (χ3v) is 6.15. The average Bonchev–Trinajstić information content (AvgIpc) is 2.77. The first-order valence-corrected chi connectivity index (χ1v) is 10.5. The molecule has 0 bridgehead atoms. The predicted octanol–water partition coefficient (Wildman–Crippen LogP) is 1.33. The molecule has 1 fully saturated rings. The number of aromatic nitrogens is 1. The van der Waals surface area contributed by atoms with Crippen LogP contribution in [0.4, 0.5) is 8.78 Å². The molecule has 32 heavy (non-hydrogen) atoms. The first-order valence-electron chi connectivity index (χ1n) is 9.27. The monoisotopic (exact) mass is 484 g/mol. The lowest BCUT2D eigenvalue weighted by molar-refractivity contribution is -0.164. The Kier molecular flexibility index (Phi) is 7.89. The van der Waals surface area contributed by atoms with E-state index in [0.717, 1.165) is 23.9 Å². The van der Waals surface area contributed by atoms with Crippen LogP contribution < -0.4 is 11.1 Å². The highest BCUT2D eigenvalue weighted by molar-refractivity contribution is 7.99. The second kappa shape index (κ2) is 10.4. The van der Waals surface area contributed by atoms with E-state index in [1.54, 1.807) is 0 Å². The van der Waals surface area contributed by atoms with Gasteiger partial charge in [0.2, 0.25) is 0 Å². The van der Waals surface area contributed by atoms with Crippen LogP contribution in [-0.4, -0.2) is 56.7 Å². The molecule has 8 nitrogen and oxygen atoms in total. The van der Waals surface area contributed by atoms with E-state index in [1.165, 1.54) is 24.5 Å². The zero-order valence-corrected chi connectivity index (χ0v) is 17.9. The molecule has 12 heteroatoms. The second-order valence-corrected chi connectivity index (χ2v) is 8.44. The standard InChI is InChI=1S/C20H19ClF2N4O4S/c21-11-4-10(6-26-15(11)5-24)32-20-19(30)17(18(29)16(8-28)31-20)27-7-14(25)9-1-2-12(22)13(23)3-9/h1-4,6-7,16-20,27-30H,8,25H2/b14-7-. The predicted molar refractivity (Wildman–Crippen MR) is 113 cm³/mol. The zero-order valence-electron chi connectivity index (χ0n) is 16.3. The number of rotatable bonds is 6. The van der Waals surface area contributed by atoms with Gasteiger partial charge in [-0.2, -0.15) is 5.26 Å². The maximum absolute atomic E-state index is 13.5. The molecule has 3 rings (SSSR count). The highest BCUT2D eigenvalue weighted by Crippen LogP contribution is 2.34. The molecule has 0 amide bonds. The van der Waals surface area contributed by atoms with Crippen molar-refractivity contribution in [3.63, 3.8) is 0 Å². The van der Waals surface area contributed by atoms with E-state index in [2.05, 4.69) is 10.3 Å². The van der Waals surface area contributed by atoms with Crippen molar-refractivity contribution in [3.8, 4) is 6.07 Å². The van der Waals surface area contributed by atoms with E-state index in [9.17, 15) is 24.1 Å². The summed E-state index contributed by atoms with van der Waals surface area (Å²) in [7, 11) is 0. The van der Waals surface area contributed by atoms with Gasteiger partial charge < -0.3 is 31.1 Å². The number of aliphatic hydroxyl groups is 3. The highest BCUT2D eigenvalue weighted by Gasteiger charge is 2.44. The summed E-state index contributed by atoms with van der Waals surface area (Å²) >= 11 is 7.02. The molecule has 5 atom stereocenters. The Bertz CT molecular complexity index is 1050. The topological polar surface area (TPSA) is 145 Å². The number of nitrogens with zero attached hydrogens (tertiary/aromatic N) is 2. The van der Waals surface area contributed by atoms with Gasteiger partial charge in [0.25, 0.3) is 0 Å². The summed E-state index contributed by atoms with van der Waals surface area (Å²) in [5.41, 5.74) is 5.22. The summed E-state index contributed by atoms with van der Waals surface area (Å²) in [6.45, 7) is -0.530. The number of nitrogens with one attached hydrogen (secondary N) is 1. The summed E-state index contributed by atoms with van der Waals surface area (Å²) in [6.07, 6.45) is -1.02. The summed E-state index contributed by atoms with van der Waals surface area (Å²) in [6, 6.07) is 5.41. The minimum atomic E-state index is -1.32. The van der Waals surface area contributed by atoms with Crippen LogP contribution in [0.15, 0.2) is 41.6 Å². The van der Waals surface area contributed by atoms with Gasteiger partial charge in [-0.15, -0.1) is 0 Å². The second-order valence-electron chi connectivity index (χ2n) is 6.86. The zero-order chi connectivity index (χ0) is 23.4. The minimum Gasteiger partial charge on any atom is -0.397 e. The third-order valence-electron chi connectivity index (χ3n) is 4.74. The van der Waals surface area contributed by atoms with Crippen LogP contribution in [0, 0.1) is 23.0 Å². The van der Waals surface area contributed by atoms with Crippen molar-refractivity contribution in [3.05, 3.63) is 64.6 Å². The van der Waals surface area contributed by atoms with E-state index in [0.29, 0.717) is 4.90 Å². The number of benzene rings is 1. The van der Waals surface area contributed by atoms with Crippen LogP contribution in [-0.2, 0) is 4.74 Å². The van der Waals surface area contributed by atoms with E-state index < -0.39 is 48.0 Å². The normalized spacial score (nSPS) is 25.9. The van der Waals surface area contributed by atoms with Crippen LogP contribution in [0.25, 0.3) is 5.70 Å². The SMILES string of the molecule is N#Cc1ncc(SC2OC(CO)C(O)C(N/C=C(\N)c3ccc(F)c(F)c3)C2O)cc1Cl. The maximum atomic E-state index is 13.5. The molecular weight excluding hydrogens is 466 g/mol. The van der Waals surface area contributed by atoms with E-state index in [4.69, 9.17) is 27.3 Å². The average molecular weight is 485 g/mol. The van der Waals surface area contributed by atoms with Gasteiger partial charge in [0, 0.05) is 22.9 Å². The van der Waals surface area contributed by atoms with E-state index in [1.807, 2.05) is 6.07 Å². The van der Waals surface area contributed by atoms with Gasteiger partial charge in [-0.25, -0.2) is 13.8 Å².